The van der Waals surface area contributed by atoms with E-state index in [2.05, 4.69) is 15.0 Å². The molecule has 126 valence electrons. The van der Waals surface area contributed by atoms with Crippen molar-refractivity contribution in [2.24, 2.45) is 4.99 Å². The van der Waals surface area contributed by atoms with E-state index >= 15 is 0 Å². The first-order valence-electron chi connectivity index (χ1n) is 7.73. The van der Waals surface area contributed by atoms with E-state index in [1.54, 1.807) is 24.4 Å². The highest BCUT2D eigenvalue weighted by Crippen LogP contribution is 2.35. The monoisotopic (exact) mass is 363 g/mol. The summed E-state index contributed by atoms with van der Waals surface area (Å²) in [5.74, 6) is -0.342. The number of nitriles is 1. The van der Waals surface area contributed by atoms with Crippen molar-refractivity contribution in [3.05, 3.63) is 64.1 Å². The third-order valence-corrected chi connectivity index (χ3v) is 4.47. The van der Waals surface area contributed by atoms with Gasteiger partial charge in [-0.05, 0) is 42.0 Å². The molecule has 0 fully saturated rings. The second-order valence-corrected chi connectivity index (χ2v) is 6.18. The zero-order valence-corrected chi connectivity index (χ0v) is 14.1. The van der Waals surface area contributed by atoms with Crippen molar-refractivity contribution in [2.45, 2.75) is 6.54 Å². The molecule has 0 bridgehead atoms. The molecule has 0 atom stereocenters. The van der Waals surface area contributed by atoms with E-state index in [0.29, 0.717) is 34.1 Å². The predicted octanol–water partition coefficient (Wildman–Crippen LogP) is 3.99. The molecule has 2 aromatic carbocycles. The summed E-state index contributed by atoms with van der Waals surface area (Å²) in [5.41, 5.74) is 9.94. The van der Waals surface area contributed by atoms with E-state index in [1.807, 2.05) is 12.1 Å². The van der Waals surface area contributed by atoms with Gasteiger partial charge in [0.25, 0.3) is 0 Å². The van der Waals surface area contributed by atoms with Crippen LogP contribution in [-0.4, -0.2) is 16.2 Å². The number of hydrogen-bond acceptors (Lipinski definition) is 5. The molecular formula is C19H11ClFN5. The molecule has 0 radical (unpaired) electrons. The Balaban J connectivity index is 1.98. The van der Waals surface area contributed by atoms with Crippen molar-refractivity contribution in [1.29, 1.82) is 5.26 Å². The van der Waals surface area contributed by atoms with Gasteiger partial charge in [0.15, 0.2) is 11.5 Å². The molecule has 26 heavy (non-hydrogen) atoms. The summed E-state index contributed by atoms with van der Waals surface area (Å²) in [5, 5.41) is 9.83. The highest BCUT2D eigenvalue weighted by molar-refractivity contribution is 6.32. The Hall–Kier alpha value is -3.30. The molecular weight excluding hydrogens is 353 g/mol. The van der Waals surface area contributed by atoms with Crippen LogP contribution in [0.4, 0.5) is 10.2 Å². The van der Waals surface area contributed by atoms with Crippen molar-refractivity contribution in [1.82, 2.24) is 9.97 Å². The van der Waals surface area contributed by atoms with E-state index in [-0.39, 0.29) is 17.3 Å². The van der Waals surface area contributed by atoms with Crippen LogP contribution in [0.25, 0.3) is 22.5 Å². The average Bonchev–Trinajstić information content (AvgIpc) is 3.11. The van der Waals surface area contributed by atoms with Gasteiger partial charge in [0, 0.05) is 27.9 Å². The van der Waals surface area contributed by atoms with E-state index in [1.165, 1.54) is 12.1 Å². The highest BCUT2D eigenvalue weighted by atomic mass is 35.5. The number of benzene rings is 2. The molecule has 2 heterocycles. The predicted molar refractivity (Wildman–Crippen MR) is 98.3 cm³/mol. The lowest BCUT2D eigenvalue weighted by molar-refractivity contribution is 0.628. The first kappa shape index (κ1) is 16.2. The molecule has 0 amide bonds. The number of nitrogens with two attached hydrogens (primary N) is 1. The van der Waals surface area contributed by atoms with Gasteiger partial charge in [-0.1, -0.05) is 11.6 Å². The van der Waals surface area contributed by atoms with Crippen LogP contribution < -0.4 is 5.73 Å². The first-order chi connectivity index (χ1) is 12.6. The van der Waals surface area contributed by atoms with Crippen molar-refractivity contribution in [3.8, 4) is 28.6 Å². The van der Waals surface area contributed by atoms with Crippen molar-refractivity contribution in [2.75, 3.05) is 5.73 Å². The van der Waals surface area contributed by atoms with Gasteiger partial charge in [-0.25, -0.2) is 14.4 Å². The van der Waals surface area contributed by atoms with Gasteiger partial charge in [-0.3, -0.25) is 4.99 Å². The molecule has 0 aliphatic carbocycles. The summed E-state index contributed by atoms with van der Waals surface area (Å²) in [6, 6.07) is 11.4. The number of halogens is 2. The SMILES string of the molecule is N#Cc1nc(-c2cc(Cl)c3c(c2)C=NC3)c(-c2ccc(F)cc2)nc1N. The second-order valence-electron chi connectivity index (χ2n) is 5.77. The molecule has 0 saturated carbocycles. The molecule has 1 aliphatic rings. The number of anilines is 1. The molecule has 0 unspecified atom stereocenters. The summed E-state index contributed by atoms with van der Waals surface area (Å²) in [6.45, 7) is 0.538. The fraction of sp³-hybridized carbons (Fsp3) is 0.0526. The van der Waals surface area contributed by atoms with Crippen molar-refractivity contribution in [3.63, 3.8) is 0 Å². The Morgan fingerprint density at radius 2 is 1.81 bits per heavy atom. The number of aromatic nitrogens is 2. The topological polar surface area (TPSA) is 88.0 Å². The summed E-state index contributed by atoms with van der Waals surface area (Å²) >= 11 is 6.38. The molecule has 4 rings (SSSR count). The fourth-order valence-corrected chi connectivity index (χ4v) is 3.14. The van der Waals surface area contributed by atoms with Gasteiger partial charge >= 0.3 is 0 Å². The van der Waals surface area contributed by atoms with Crippen molar-refractivity contribution >= 4 is 23.6 Å². The maximum Gasteiger partial charge on any atom is 0.183 e. The van der Waals surface area contributed by atoms with Crippen LogP contribution in [-0.2, 0) is 6.54 Å². The Morgan fingerprint density at radius 1 is 1.08 bits per heavy atom. The van der Waals surface area contributed by atoms with Crippen molar-refractivity contribution < 1.29 is 4.39 Å². The van der Waals surface area contributed by atoms with Crippen LogP contribution in [0.1, 0.15) is 16.8 Å². The number of nitrogen functional groups attached to an aromatic ring is 1. The van der Waals surface area contributed by atoms with Crippen LogP contribution in [0.15, 0.2) is 41.4 Å². The summed E-state index contributed by atoms with van der Waals surface area (Å²) in [7, 11) is 0. The summed E-state index contributed by atoms with van der Waals surface area (Å²) in [6.07, 6.45) is 1.75. The van der Waals surface area contributed by atoms with E-state index in [0.717, 1.165) is 11.1 Å². The maximum absolute atomic E-state index is 13.3. The Labute approximate surface area is 153 Å². The fourth-order valence-electron chi connectivity index (χ4n) is 2.85. The quantitative estimate of drug-likeness (QED) is 0.745. The van der Waals surface area contributed by atoms with Crippen LogP contribution >= 0.6 is 11.6 Å². The van der Waals surface area contributed by atoms with Gasteiger partial charge in [-0.2, -0.15) is 5.26 Å². The largest absolute Gasteiger partial charge is 0.381 e. The van der Waals surface area contributed by atoms with E-state index in [4.69, 9.17) is 17.3 Å². The number of aliphatic imine (C=N–C) groups is 1. The third-order valence-electron chi connectivity index (χ3n) is 4.13. The zero-order valence-electron chi connectivity index (χ0n) is 13.4. The van der Waals surface area contributed by atoms with E-state index < -0.39 is 0 Å². The maximum atomic E-state index is 13.3. The van der Waals surface area contributed by atoms with Crippen LogP contribution in [0.2, 0.25) is 5.02 Å². The van der Waals surface area contributed by atoms with Gasteiger partial charge in [0.1, 0.15) is 11.9 Å². The lowest BCUT2D eigenvalue weighted by Gasteiger charge is -2.12. The smallest absolute Gasteiger partial charge is 0.183 e. The molecule has 1 aromatic heterocycles. The minimum atomic E-state index is -0.360. The van der Waals surface area contributed by atoms with Gasteiger partial charge < -0.3 is 5.73 Å². The summed E-state index contributed by atoms with van der Waals surface area (Å²) in [4.78, 5) is 12.9. The molecule has 7 heteroatoms. The van der Waals surface area contributed by atoms with Crippen LogP contribution in [0.5, 0.6) is 0 Å². The molecule has 2 N–H and O–H groups in total. The third kappa shape index (κ3) is 2.68. The number of nitrogens with zero attached hydrogens (tertiary/aromatic N) is 4. The number of fused-ring (bicyclic) bond motifs is 1. The van der Waals surface area contributed by atoms with E-state index in [9.17, 15) is 9.65 Å². The molecule has 3 aromatic rings. The minimum Gasteiger partial charge on any atom is -0.381 e. The molecule has 5 nitrogen and oxygen atoms in total. The molecule has 1 aliphatic heterocycles. The number of hydrogen-bond donors (Lipinski definition) is 1. The normalized spacial score (nSPS) is 12.0. The number of rotatable bonds is 2. The Bertz CT molecular complexity index is 1100. The van der Waals surface area contributed by atoms with Gasteiger partial charge in [0.2, 0.25) is 0 Å². The molecule has 0 spiro atoms. The first-order valence-corrected chi connectivity index (χ1v) is 8.11. The van der Waals surface area contributed by atoms with Crippen LogP contribution in [0.3, 0.4) is 0 Å². The average molecular weight is 364 g/mol. The molecule has 0 saturated heterocycles. The summed E-state index contributed by atoms with van der Waals surface area (Å²) < 4.78 is 13.3. The van der Waals surface area contributed by atoms with Gasteiger partial charge in [-0.15, -0.1) is 0 Å². The lowest BCUT2D eigenvalue weighted by Crippen LogP contribution is -2.03. The van der Waals surface area contributed by atoms with Gasteiger partial charge in [0.05, 0.1) is 17.9 Å². The lowest BCUT2D eigenvalue weighted by atomic mass is 10.00. The van der Waals surface area contributed by atoms with Crippen LogP contribution in [0, 0.1) is 17.1 Å². The second kappa shape index (κ2) is 6.21. The Kier molecular flexibility index (Phi) is 3.86. The highest BCUT2D eigenvalue weighted by Gasteiger charge is 2.19. The standard InChI is InChI=1S/C19H11ClFN5/c20-15-6-11(5-12-8-24-9-14(12)15)18-17(10-1-3-13(21)4-2-10)26-19(23)16(7-22)25-18/h1-6,8H,9H2,(H2,23,26). The minimum absolute atomic E-state index is 0.0180. The Morgan fingerprint density at radius 3 is 2.54 bits per heavy atom. The zero-order chi connectivity index (χ0) is 18.3.